The molecule has 1 aliphatic rings. The molecule has 144 valence electrons. The van der Waals surface area contributed by atoms with Gasteiger partial charge in [-0.1, -0.05) is 0 Å². The number of methoxy groups -OCH3 is 1. The van der Waals surface area contributed by atoms with Crippen LogP contribution in [-0.2, 0) is 14.8 Å². The summed E-state index contributed by atoms with van der Waals surface area (Å²) in [4.78, 5) is 15.3. The van der Waals surface area contributed by atoms with E-state index in [1.54, 1.807) is 34.4 Å². The maximum atomic E-state index is 12.8. The van der Waals surface area contributed by atoms with Crippen molar-refractivity contribution in [1.29, 1.82) is 0 Å². The lowest BCUT2D eigenvalue weighted by atomic mass is 10.2. The number of thiophene rings is 1. The molecule has 0 radical (unpaired) electrons. The molecule has 0 unspecified atom stereocenters. The number of hydrogen-bond donors (Lipinski definition) is 0. The Morgan fingerprint density at radius 3 is 2.33 bits per heavy atom. The third kappa shape index (κ3) is 4.40. The summed E-state index contributed by atoms with van der Waals surface area (Å²) in [5.41, 5.74) is 1.14. The van der Waals surface area contributed by atoms with Gasteiger partial charge in [0.2, 0.25) is 15.9 Å². The predicted molar refractivity (Wildman–Crippen MR) is 106 cm³/mol. The van der Waals surface area contributed by atoms with Crippen LogP contribution in [0.5, 0.6) is 5.75 Å². The van der Waals surface area contributed by atoms with Crippen LogP contribution in [0, 0.1) is 6.92 Å². The van der Waals surface area contributed by atoms with E-state index in [1.807, 2.05) is 24.4 Å². The van der Waals surface area contributed by atoms with Crippen molar-refractivity contribution >= 4 is 33.3 Å². The molecule has 0 atom stereocenters. The van der Waals surface area contributed by atoms with E-state index < -0.39 is 10.0 Å². The van der Waals surface area contributed by atoms with Gasteiger partial charge >= 0.3 is 0 Å². The third-order valence-corrected chi connectivity index (χ3v) is 7.42. The Kier molecular flexibility index (Phi) is 5.98. The average molecular weight is 407 g/mol. The van der Waals surface area contributed by atoms with Crippen molar-refractivity contribution in [2.75, 3.05) is 33.3 Å². The number of aryl methyl sites for hydroxylation is 1. The van der Waals surface area contributed by atoms with E-state index in [2.05, 4.69) is 0 Å². The van der Waals surface area contributed by atoms with Crippen molar-refractivity contribution in [3.05, 3.63) is 52.2 Å². The van der Waals surface area contributed by atoms with Crippen LogP contribution < -0.4 is 4.74 Å². The minimum atomic E-state index is -3.57. The van der Waals surface area contributed by atoms with E-state index in [1.165, 1.54) is 23.5 Å². The molecule has 0 aliphatic carbocycles. The highest BCUT2D eigenvalue weighted by atomic mass is 32.2. The van der Waals surface area contributed by atoms with Gasteiger partial charge in [0, 0.05) is 37.1 Å². The van der Waals surface area contributed by atoms with Crippen LogP contribution in [0.2, 0.25) is 0 Å². The zero-order chi connectivity index (χ0) is 19.4. The van der Waals surface area contributed by atoms with Crippen molar-refractivity contribution in [3.63, 3.8) is 0 Å². The summed E-state index contributed by atoms with van der Waals surface area (Å²) in [5.74, 6) is 0.515. The second-order valence-electron chi connectivity index (χ2n) is 6.21. The van der Waals surface area contributed by atoms with Crippen LogP contribution in [0.3, 0.4) is 0 Å². The first-order valence-electron chi connectivity index (χ1n) is 8.57. The van der Waals surface area contributed by atoms with Gasteiger partial charge in [0.15, 0.2) is 0 Å². The summed E-state index contributed by atoms with van der Waals surface area (Å²) in [5, 5.41) is 1.99. The SMILES string of the molecule is COc1ccc(S(=O)(=O)N2CCN(C(=O)/C=C/c3sccc3C)CC2)cc1. The van der Waals surface area contributed by atoms with Gasteiger partial charge in [-0.05, 0) is 54.3 Å². The first-order valence-corrected chi connectivity index (χ1v) is 10.9. The van der Waals surface area contributed by atoms with Gasteiger partial charge in [0.25, 0.3) is 0 Å². The number of sulfonamides is 1. The lowest BCUT2D eigenvalue weighted by Gasteiger charge is -2.33. The standard InChI is InChI=1S/C19H22N2O4S2/c1-15-9-14-26-18(15)7-8-19(22)20-10-12-21(13-11-20)27(23,24)17-5-3-16(25-2)4-6-17/h3-9,14H,10-13H2,1-2H3/b8-7+. The lowest BCUT2D eigenvalue weighted by molar-refractivity contribution is -0.127. The van der Waals surface area contributed by atoms with Gasteiger partial charge in [-0.3, -0.25) is 4.79 Å². The Balaban J connectivity index is 1.61. The third-order valence-electron chi connectivity index (χ3n) is 4.53. The summed E-state index contributed by atoms with van der Waals surface area (Å²) in [6.45, 7) is 3.32. The largest absolute Gasteiger partial charge is 0.497 e. The predicted octanol–water partition coefficient (Wildman–Crippen LogP) is 2.61. The molecule has 1 aliphatic heterocycles. The number of nitrogens with zero attached hydrogens (tertiary/aromatic N) is 2. The van der Waals surface area contributed by atoms with Gasteiger partial charge in [0.1, 0.15) is 5.75 Å². The number of hydrogen-bond acceptors (Lipinski definition) is 5. The number of carbonyl (C=O) groups is 1. The Morgan fingerprint density at radius 2 is 1.78 bits per heavy atom. The van der Waals surface area contributed by atoms with Crippen LogP contribution in [-0.4, -0.2) is 56.8 Å². The molecule has 8 heteroatoms. The smallest absolute Gasteiger partial charge is 0.246 e. The van der Waals surface area contributed by atoms with Crippen molar-refractivity contribution in [3.8, 4) is 5.75 Å². The molecule has 1 aromatic heterocycles. The van der Waals surface area contributed by atoms with Crippen LogP contribution in [0.15, 0.2) is 46.7 Å². The lowest BCUT2D eigenvalue weighted by Crippen LogP contribution is -2.50. The second kappa shape index (κ2) is 8.24. The molecule has 1 amide bonds. The van der Waals surface area contributed by atoms with Gasteiger partial charge in [0.05, 0.1) is 12.0 Å². The van der Waals surface area contributed by atoms with E-state index in [4.69, 9.17) is 4.74 Å². The molecule has 2 heterocycles. The molecule has 1 aromatic carbocycles. The Bertz CT molecular complexity index is 925. The molecule has 1 saturated heterocycles. The van der Waals surface area contributed by atoms with Crippen molar-refractivity contribution in [2.24, 2.45) is 0 Å². The zero-order valence-corrected chi connectivity index (χ0v) is 16.9. The van der Waals surface area contributed by atoms with Gasteiger partial charge in [-0.15, -0.1) is 11.3 Å². The number of amides is 1. The van der Waals surface area contributed by atoms with E-state index >= 15 is 0 Å². The molecule has 0 N–H and O–H groups in total. The Morgan fingerprint density at radius 1 is 1.11 bits per heavy atom. The van der Waals surface area contributed by atoms with Crippen molar-refractivity contribution in [2.45, 2.75) is 11.8 Å². The summed E-state index contributed by atoms with van der Waals surface area (Å²) in [6.07, 6.45) is 3.38. The highest BCUT2D eigenvalue weighted by Crippen LogP contribution is 2.21. The van der Waals surface area contributed by atoms with Crippen molar-refractivity contribution in [1.82, 2.24) is 9.21 Å². The fourth-order valence-corrected chi connectivity index (χ4v) is 5.09. The van der Waals surface area contributed by atoms with E-state index in [0.717, 1.165) is 10.4 Å². The Hall–Kier alpha value is -2.16. The van der Waals surface area contributed by atoms with Gasteiger partial charge in [-0.25, -0.2) is 8.42 Å². The first kappa shape index (κ1) is 19.6. The van der Waals surface area contributed by atoms with E-state index in [-0.39, 0.29) is 23.9 Å². The number of ether oxygens (including phenoxy) is 1. The quantitative estimate of drug-likeness (QED) is 0.716. The van der Waals surface area contributed by atoms with E-state index in [0.29, 0.717) is 18.8 Å². The topological polar surface area (TPSA) is 66.9 Å². The molecule has 3 rings (SSSR count). The van der Waals surface area contributed by atoms with Gasteiger partial charge in [-0.2, -0.15) is 4.31 Å². The average Bonchev–Trinajstić information content (AvgIpc) is 3.11. The Labute approximate surface area is 163 Å². The first-order chi connectivity index (χ1) is 12.9. The van der Waals surface area contributed by atoms with Gasteiger partial charge < -0.3 is 9.64 Å². The molecule has 1 fully saturated rings. The number of piperazine rings is 1. The zero-order valence-electron chi connectivity index (χ0n) is 15.3. The summed E-state index contributed by atoms with van der Waals surface area (Å²) < 4.78 is 32.0. The molecule has 6 nitrogen and oxygen atoms in total. The van der Waals surface area contributed by atoms with Crippen LogP contribution >= 0.6 is 11.3 Å². The molecule has 0 bridgehead atoms. The van der Waals surface area contributed by atoms with E-state index in [9.17, 15) is 13.2 Å². The molecule has 0 saturated carbocycles. The molecule has 27 heavy (non-hydrogen) atoms. The number of rotatable bonds is 5. The summed E-state index contributed by atoms with van der Waals surface area (Å²) in [6, 6.07) is 8.35. The minimum absolute atomic E-state index is 0.0932. The fraction of sp³-hybridized carbons (Fsp3) is 0.316. The molecule has 2 aromatic rings. The monoisotopic (exact) mass is 406 g/mol. The van der Waals surface area contributed by atoms with Crippen molar-refractivity contribution < 1.29 is 17.9 Å². The summed E-state index contributed by atoms with van der Waals surface area (Å²) >= 11 is 1.59. The maximum Gasteiger partial charge on any atom is 0.246 e. The number of benzene rings is 1. The molecular formula is C19H22N2O4S2. The highest BCUT2D eigenvalue weighted by Gasteiger charge is 2.29. The van der Waals surface area contributed by atoms with Crippen LogP contribution in [0.1, 0.15) is 10.4 Å². The minimum Gasteiger partial charge on any atom is -0.497 e. The van der Waals surface area contributed by atoms with Crippen LogP contribution in [0.25, 0.3) is 6.08 Å². The highest BCUT2D eigenvalue weighted by molar-refractivity contribution is 7.89. The molecular weight excluding hydrogens is 384 g/mol. The number of carbonyl (C=O) groups excluding carboxylic acids is 1. The maximum absolute atomic E-state index is 12.8. The second-order valence-corrected chi connectivity index (χ2v) is 9.09. The normalized spacial score (nSPS) is 16.0. The molecule has 0 spiro atoms. The van der Waals surface area contributed by atoms with Crippen LogP contribution in [0.4, 0.5) is 0 Å². The summed E-state index contributed by atoms with van der Waals surface area (Å²) in [7, 11) is -2.03. The fourth-order valence-electron chi connectivity index (χ4n) is 2.85.